The van der Waals surface area contributed by atoms with Crippen molar-refractivity contribution in [3.63, 3.8) is 0 Å². The van der Waals surface area contributed by atoms with Crippen LogP contribution in [0.15, 0.2) is 42.5 Å². The van der Waals surface area contributed by atoms with Gasteiger partial charge in [0, 0.05) is 19.3 Å². The predicted octanol–water partition coefficient (Wildman–Crippen LogP) is 3.02. The third-order valence-electron chi connectivity index (χ3n) is 3.33. The van der Waals surface area contributed by atoms with Crippen LogP contribution in [0, 0.1) is 5.41 Å². The standard InChI is InChI=1S/C16H20N2O/c1-16(2,15(19)17-3)11-18-14-9-8-12-6-4-5-7-13(12)10-14/h4-10,18H,11H2,1-3H3,(H,17,19). The minimum Gasteiger partial charge on any atom is -0.384 e. The number of hydrogen-bond acceptors (Lipinski definition) is 2. The summed E-state index contributed by atoms with van der Waals surface area (Å²) in [7, 11) is 1.67. The number of amides is 1. The van der Waals surface area contributed by atoms with Crippen molar-refractivity contribution >= 4 is 22.4 Å². The van der Waals surface area contributed by atoms with E-state index in [1.54, 1.807) is 7.05 Å². The fourth-order valence-electron chi connectivity index (χ4n) is 2.04. The molecular formula is C16H20N2O. The zero-order valence-corrected chi connectivity index (χ0v) is 11.7. The second kappa shape index (κ2) is 5.31. The van der Waals surface area contributed by atoms with Gasteiger partial charge in [-0.3, -0.25) is 4.79 Å². The summed E-state index contributed by atoms with van der Waals surface area (Å²) in [5.74, 6) is 0.0424. The average Bonchev–Trinajstić information content (AvgIpc) is 2.44. The Labute approximate surface area is 114 Å². The molecule has 0 saturated carbocycles. The highest BCUT2D eigenvalue weighted by Gasteiger charge is 2.26. The van der Waals surface area contributed by atoms with Crippen LogP contribution in [0.25, 0.3) is 10.8 Å². The number of benzene rings is 2. The summed E-state index contributed by atoms with van der Waals surface area (Å²) in [4.78, 5) is 11.7. The van der Waals surface area contributed by atoms with Crippen LogP contribution in [0.2, 0.25) is 0 Å². The maximum absolute atomic E-state index is 11.7. The molecule has 0 fully saturated rings. The second-order valence-electron chi connectivity index (χ2n) is 5.38. The number of carbonyl (C=O) groups is 1. The van der Waals surface area contributed by atoms with Crippen molar-refractivity contribution in [2.45, 2.75) is 13.8 Å². The minimum absolute atomic E-state index is 0.0424. The third-order valence-corrected chi connectivity index (χ3v) is 3.33. The molecule has 0 unspecified atom stereocenters. The first-order valence-electron chi connectivity index (χ1n) is 6.48. The summed E-state index contributed by atoms with van der Waals surface area (Å²) in [6.45, 7) is 4.46. The molecule has 19 heavy (non-hydrogen) atoms. The van der Waals surface area contributed by atoms with Gasteiger partial charge >= 0.3 is 0 Å². The zero-order chi connectivity index (χ0) is 13.9. The molecule has 0 atom stereocenters. The molecule has 0 aliphatic heterocycles. The number of rotatable bonds is 4. The molecule has 0 spiro atoms. The molecule has 2 rings (SSSR count). The highest BCUT2D eigenvalue weighted by atomic mass is 16.2. The van der Waals surface area contributed by atoms with Crippen LogP contribution in [0.4, 0.5) is 5.69 Å². The van der Waals surface area contributed by atoms with Gasteiger partial charge in [0.25, 0.3) is 0 Å². The number of nitrogens with one attached hydrogen (secondary N) is 2. The Morgan fingerprint density at radius 3 is 2.47 bits per heavy atom. The lowest BCUT2D eigenvalue weighted by atomic mass is 9.92. The Morgan fingerprint density at radius 1 is 1.11 bits per heavy atom. The lowest BCUT2D eigenvalue weighted by Crippen LogP contribution is -2.39. The van der Waals surface area contributed by atoms with Crippen molar-refractivity contribution in [1.82, 2.24) is 5.32 Å². The third kappa shape index (κ3) is 3.05. The van der Waals surface area contributed by atoms with Crippen molar-refractivity contribution < 1.29 is 4.79 Å². The molecule has 0 aliphatic rings. The summed E-state index contributed by atoms with van der Waals surface area (Å²) >= 11 is 0. The largest absolute Gasteiger partial charge is 0.384 e. The number of hydrogen-bond donors (Lipinski definition) is 2. The topological polar surface area (TPSA) is 41.1 Å². The van der Waals surface area contributed by atoms with Crippen molar-refractivity contribution in [3.05, 3.63) is 42.5 Å². The summed E-state index contributed by atoms with van der Waals surface area (Å²) < 4.78 is 0. The van der Waals surface area contributed by atoms with Crippen LogP contribution >= 0.6 is 0 Å². The van der Waals surface area contributed by atoms with Crippen LogP contribution in [-0.2, 0) is 4.79 Å². The summed E-state index contributed by atoms with van der Waals surface area (Å²) in [5.41, 5.74) is 0.608. The van der Waals surface area contributed by atoms with E-state index in [0.29, 0.717) is 6.54 Å². The van der Waals surface area contributed by atoms with E-state index in [1.165, 1.54) is 10.8 Å². The van der Waals surface area contributed by atoms with Gasteiger partial charge in [0.1, 0.15) is 0 Å². The van der Waals surface area contributed by atoms with Gasteiger partial charge in [-0.2, -0.15) is 0 Å². The summed E-state index contributed by atoms with van der Waals surface area (Å²) in [6, 6.07) is 14.5. The molecule has 0 heterocycles. The Bertz CT molecular complexity index is 590. The lowest BCUT2D eigenvalue weighted by Gasteiger charge is -2.23. The fourth-order valence-corrected chi connectivity index (χ4v) is 2.04. The average molecular weight is 256 g/mol. The highest BCUT2D eigenvalue weighted by molar-refractivity contribution is 5.86. The lowest BCUT2D eigenvalue weighted by molar-refractivity contribution is -0.128. The van der Waals surface area contributed by atoms with E-state index >= 15 is 0 Å². The maximum atomic E-state index is 11.7. The molecule has 0 radical (unpaired) electrons. The molecule has 0 bridgehead atoms. The summed E-state index contributed by atoms with van der Waals surface area (Å²) in [6.07, 6.45) is 0. The van der Waals surface area contributed by atoms with Gasteiger partial charge in [-0.05, 0) is 36.8 Å². The number of carbonyl (C=O) groups excluding carboxylic acids is 1. The van der Waals surface area contributed by atoms with Gasteiger partial charge in [-0.15, -0.1) is 0 Å². The van der Waals surface area contributed by atoms with Gasteiger partial charge < -0.3 is 10.6 Å². The van der Waals surface area contributed by atoms with Gasteiger partial charge in [-0.1, -0.05) is 30.3 Å². The molecule has 0 saturated heterocycles. The molecule has 3 heteroatoms. The van der Waals surface area contributed by atoms with Gasteiger partial charge in [0.15, 0.2) is 0 Å². The maximum Gasteiger partial charge on any atom is 0.227 e. The van der Waals surface area contributed by atoms with Crippen LogP contribution in [0.3, 0.4) is 0 Å². The molecule has 2 aromatic carbocycles. The molecule has 2 aromatic rings. The second-order valence-corrected chi connectivity index (χ2v) is 5.38. The van der Waals surface area contributed by atoms with E-state index in [1.807, 2.05) is 32.0 Å². The van der Waals surface area contributed by atoms with Crippen molar-refractivity contribution in [3.8, 4) is 0 Å². The van der Waals surface area contributed by atoms with E-state index in [9.17, 15) is 4.79 Å². The normalized spacial score (nSPS) is 11.3. The van der Waals surface area contributed by atoms with Crippen LogP contribution in [0.1, 0.15) is 13.8 Å². The van der Waals surface area contributed by atoms with Crippen molar-refractivity contribution in [2.75, 3.05) is 18.9 Å². The monoisotopic (exact) mass is 256 g/mol. The van der Waals surface area contributed by atoms with E-state index in [4.69, 9.17) is 0 Å². The number of fused-ring (bicyclic) bond motifs is 1. The quantitative estimate of drug-likeness (QED) is 0.883. The molecule has 0 aromatic heterocycles. The van der Waals surface area contributed by atoms with E-state index in [0.717, 1.165) is 5.69 Å². The molecule has 100 valence electrons. The summed E-state index contributed by atoms with van der Waals surface area (Å²) in [5, 5.41) is 8.44. The van der Waals surface area contributed by atoms with Gasteiger partial charge in [0.05, 0.1) is 5.41 Å². The Morgan fingerprint density at radius 2 is 1.79 bits per heavy atom. The Hall–Kier alpha value is -2.03. The van der Waals surface area contributed by atoms with Crippen molar-refractivity contribution in [2.24, 2.45) is 5.41 Å². The fraction of sp³-hybridized carbons (Fsp3) is 0.312. The first-order valence-corrected chi connectivity index (χ1v) is 6.48. The SMILES string of the molecule is CNC(=O)C(C)(C)CNc1ccc2ccccc2c1. The predicted molar refractivity (Wildman–Crippen MR) is 80.3 cm³/mol. The van der Waals surface area contributed by atoms with Gasteiger partial charge in [0.2, 0.25) is 5.91 Å². The first-order chi connectivity index (χ1) is 9.03. The first kappa shape index (κ1) is 13.4. The smallest absolute Gasteiger partial charge is 0.227 e. The van der Waals surface area contributed by atoms with E-state index in [-0.39, 0.29) is 5.91 Å². The molecule has 1 amide bonds. The van der Waals surface area contributed by atoms with E-state index in [2.05, 4.69) is 34.9 Å². The van der Waals surface area contributed by atoms with Crippen LogP contribution < -0.4 is 10.6 Å². The van der Waals surface area contributed by atoms with Crippen LogP contribution in [0.5, 0.6) is 0 Å². The van der Waals surface area contributed by atoms with Crippen molar-refractivity contribution in [1.29, 1.82) is 0 Å². The molecule has 3 nitrogen and oxygen atoms in total. The van der Waals surface area contributed by atoms with Crippen LogP contribution in [-0.4, -0.2) is 19.5 Å². The highest BCUT2D eigenvalue weighted by Crippen LogP contribution is 2.21. The minimum atomic E-state index is -0.430. The zero-order valence-electron chi connectivity index (χ0n) is 11.7. The molecular weight excluding hydrogens is 236 g/mol. The number of anilines is 1. The van der Waals surface area contributed by atoms with E-state index < -0.39 is 5.41 Å². The molecule has 0 aliphatic carbocycles. The Kier molecular flexibility index (Phi) is 3.74. The Balaban J connectivity index is 2.12. The van der Waals surface area contributed by atoms with Gasteiger partial charge in [-0.25, -0.2) is 0 Å². The molecule has 2 N–H and O–H groups in total.